The summed E-state index contributed by atoms with van der Waals surface area (Å²) in [6, 6.07) is 0. The van der Waals surface area contributed by atoms with Gasteiger partial charge in [0.2, 0.25) is 0 Å². The molecule has 0 aromatic heterocycles. The van der Waals surface area contributed by atoms with Crippen molar-refractivity contribution in [2.75, 3.05) is 27.1 Å². The molecule has 0 spiro atoms. The van der Waals surface area contributed by atoms with E-state index in [4.69, 9.17) is 11.2 Å². The highest BCUT2D eigenvalue weighted by atomic mass is 16.7. The maximum atomic E-state index is 4.82. The summed E-state index contributed by atoms with van der Waals surface area (Å²) in [5, 5.41) is 0. The first kappa shape index (κ1) is 8.28. The van der Waals surface area contributed by atoms with Crippen molar-refractivity contribution in [3.63, 3.8) is 0 Å². The molecule has 0 aliphatic rings. The van der Waals surface area contributed by atoms with Gasteiger partial charge in [-0.1, -0.05) is 6.42 Å². The van der Waals surface area contributed by atoms with Crippen LogP contribution in [0.25, 0.3) is 0 Å². The Hall–Kier alpha value is -0.720. The van der Waals surface area contributed by atoms with Crippen LogP contribution in [0.15, 0.2) is 0 Å². The SMILES string of the molecule is C#COCOCCOC. The molecule has 0 saturated heterocycles. The normalized spacial score (nSPS) is 8.44. The molecule has 9 heavy (non-hydrogen) atoms. The van der Waals surface area contributed by atoms with Crippen LogP contribution in [-0.4, -0.2) is 27.1 Å². The van der Waals surface area contributed by atoms with Crippen molar-refractivity contribution in [2.45, 2.75) is 0 Å². The predicted molar refractivity (Wildman–Crippen MR) is 32.6 cm³/mol. The fourth-order valence-electron chi connectivity index (χ4n) is 0.277. The summed E-state index contributed by atoms with van der Waals surface area (Å²) in [6.07, 6.45) is 6.74. The van der Waals surface area contributed by atoms with E-state index in [-0.39, 0.29) is 6.79 Å². The van der Waals surface area contributed by atoms with Crippen molar-refractivity contribution in [1.82, 2.24) is 0 Å². The molecule has 52 valence electrons. The van der Waals surface area contributed by atoms with Gasteiger partial charge in [-0.3, -0.25) is 0 Å². The van der Waals surface area contributed by atoms with Gasteiger partial charge in [-0.15, -0.1) is 0 Å². The number of hydrogen-bond acceptors (Lipinski definition) is 3. The largest absolute Gasteiger partial charge is 0.418 e. The molecule has 0 aromatic carbocycles. The number of terminal acetylenes is 1. The fourth-order valence-corrected chi connectivity index (χ4v) is 0.277. The van der Waals surface area contributed by atoms with E-state index in [1.165, 1.54) is 0 Å². The number of methoxy groups -OCH3 is 1. The molecule has 0 bridgehead atoms. The van der Waals surface area contributed by atoms with Gasteiger partial charge in [-0.05, 0) is 0 Å². The Balaban J connectivity index is 2.69. The van der Waals surface area contributed by atoms with E-state index < -0.39 is 0 Å². The van der Waals surface area contributed by atoms with Crippen molar-refractivity contribution >= 4 is 0 Å². The van der Waals surface area contributed by atoms with Crippen LogP contribution in [0.3, 0.4) is 0 Å². The Morgan fingerprint density at radius 2 is 2.22 bits per heavy atom. The van der Waals surface area contributed by atoms with E-state index in [0.29, 0.717) is 13.2 Å². The van der Waals surface area contributed by atoms with Crippen molar-refractivity contribution in [3.8, 4) is 12.5 Å². The van der Waals surface area contributed by atoms with E-state index in [2.05, 4.69) is 9.47 Å². The van der Waals surface area contributed by atoms with Gasteiger partial charge >= 0.3 is 0 Å². The Labute approximate surface area is 54.9 Å². The third-order valence-corrected chi connectivity index (χ3v) is 0.657. The highest BCUT2D eigenvalue weighted by Crippen LogP contribution is 1.75. The van der Waals surface area contributed by atoms with Crippen LogP contribution < -0.4 is 0 Å². The summed E-state index contributed by atoms with van der Waals surface area (Å²) in [6.45, 7) is 1.21. The van der Waals surface area contributed by atoms with Crippen molar-refractivity contribution in [3.05, 3.63) is 0 Å². The molecule has 0 rings (SSSR count). The molecule has 0 amide bonds. The zero-order chi connectivity index (χ0) is 6.95. The first-order valence-corrected chi connectivity index (χ1v) is 2.56. The van der Waals surface area contributed by atoms with Crippen molar-refractivity contribution in [2.24, 2.45) is 0 Å². The molecule has 0 radical (unpaired) electrons. The van der Waals surface area contributed by atoms with E-state index in [0.717, 1.165) is 0 Å². The highest BCUT2D eigenvalue weighted by molar-refractivity contribution is 4.66. The lowest BCUT2D eigenvalue weighted by Gasteiger charge is -1.99. The van der Waals surface area contributed by atoms with E-state index >= 15 is 0 Å². The quantitative estimate of drug-likeness (QED) is 0.302. The summed E-state index contributed by atoms with van der Waals surface area (Å²) in [5.74, 6) is 0. The molecule has 0 saturated carbocycles. The lowest BCUT2D eigenvalue weighted by molar-refractivity contribution is -0.0221. The molecule has 0 heterocycles. The van der Waals surface area contributed by atoms with Crippen LogP contribution in [-0.2, 0) is 14.2 Å². The number of rotatable bonds is 5. The molecular formula is C6H10O3. The number of hydrogen-bond donors (Lipinski definition) is 0. The van der Waals surface area contributed by atoms with Crippen LogP contribution in [0.2, 0.25) is 0 Å². The average molecular weight is 130 g/mol. The summed E-state index contributed by atoms with van der Waals surface area (Å²) in [7, 11) is 1.60. The second-order valence-electron chi connectivity index (χ2n) is 1.28. The number of ether oxygens (including phenoxy) is 3. The molecule has 0 unspecified atom stereocenters. The van der Waals surface area contributed by atoms with E-state index in [1.54, 1.807) is 7.11 Å². The predicted octanol–water partition coefficient (Wildman–Crippen LogP) is 0.214. The Morgan fingerprint density at radius 3 is 2.78 bits per heavy atom. The molecule has 0 aliphatic carbocycles. The fraction of sp³-hybridized carbons (Fsp3) is 0.667. The third kappa shape index (κ3) is 7.28. The molecule has 0 aromatic rings. The minimum atomic E-state index is 0.139. The van der Waals surface area contributed by atoms with Gasteiger partial charge in [-0.2, -0.15) is 0 Å². The maximum Gasteiger partial charge on any atom is 0.199 e. The second-order valence-corrected chi connectivity index (χ2v) is 1.28. The third-order valence-electron chi connectivity index (χ3n) is 0.657. The van der Waals surface area contributed by atoms with E-state index in [1.807, 2.05) is 6.11 Å². The van der Waals surface area contributed by atoms with Gasteiger partial charge in [0.25, 0.3) is 0 Å². The molecule has 0 fully saturated rings. The van der Waals surface area contributed by atoms with Gasteiger partial charge in [0.15, 0.2) is 6.79 Å². The molecule has 3 nitrogen and oxygen atoms in total. The van der Waals surface area contributed by atoms with Crippen LogP contribution >= 0.6 is 0 Å². The minimum absolute atomic E-state index is 0.139. The van der Waals surface area contributed by atoms with Gasteiger partial charge in [-0.25, -0.2) is 0 Å². The summed E-state index contributed by atoms with van der Waals surface area (Å²) >= 11 is 0. The van der Waals surface area contributed by atoms with Crippen LogP contribution in [0.5, 0.6) is 0 Å². The van der Waals surface area contributed by atoms with Crippen molar-refractivity contribution in [1.29, 1.82) is 0 Å². The van der Waals surface area contributed by atoms with Crippen LogP contribution in [0, 0.1) is 12.5 Å². The molecule has 0 atom stereocenters. The zero-order valence-corrected chi connectivity index (χ0v) is 5.42. The van der Waals surface area contributed by atoms with Gasteiger partial charge in [0, 0.05) is 7.11 Å². The Morgan fingerprint density at radius 1 is 1.44 bits per heavy atom. The lowest BCUT2D eigenvalue weighted by Crippen LogP contribution is -2.03. The Kier molecular flexibility index (Phi) is 6.70. The average Bonchev–Trinajstić information content (AvgIpc) is 1.89. The first-order valence-electron chi connectivity index (χ1n) is 2.56. The highest BCUT2D eigenvalue weighted by Gasteiger charge is 1.82. The standard InChI is InChI=1S/C6H10O3/c1-3-8-6-9-5-4-7-2/h1H,4-6H2,2H3. The molecule has 0 aliphatic heterocycles. The Bertz CT molecular complexity index is 84.8. The minimum Gasteiger partial charge on any atom is -0.418 e. The van der Waals surface area contributed by atoms with Gasteiger partial charge in [0.05, 0.1) is 13.2 Å². The summed E-state index contributed by atoms with van der Waals surface area (Å²) < 4.78 is 13.9. The van der Waals surface area contributed by atoms with Crippen LogP contribution in [0.4, 0.5) is 0 Å². The maximum absolute atomic E-state index is 4.82. The monoisotopic (exact) mass is 130 g/mol. The zero-order valence-electron chi connectivity index (χ0n) is 5.42. The smallest absolute Gasteiger partial charge is 0.199 e. The lowest BCUT2D eigenvalue weighted by atomic mass is 10.8. The molecule has 0 N–H and O–H groups in total. The van der Waals surface area contributed by atoms with Gasteiger partial charge < -0.3 is 14.2 Å². The summed E-state index contributed by atoms with van der Waals surface area (Å²) in [4.78, 5) is 0. The van der Waals surface area contributed by atoms with Crippen molar-refractivity contribution < 1.29 is 14.2 Å². The molecule has 3 heteroatoms. The van der Waals surface area contributed by atoms with E-state index in [9.17, 15) is 0 Å². The first-order chi connectivity index (χ1) is 4.41. The van der Waals surface area contributed by atoms with Gasteiger partial charge in [0.1, 0.15) is 6.11 Å². The second kappa shape index (κ2) is 7.28. The summed E-state index contributed by atoms with van der Waals surface area (Å²) in [5.41, 5.74) is 0. The van der Waals surface area contributed by atoms with Crippen LogP contribution in [0.1, 0.15) is 0 Å². The molecular weight excluding hydrogens is 120 g/mol. The topological polar surface area (TPSA) is 27.7 Å².